The molecular formula is C10H12O4S. The van der Waals surface area contributed by atoms with Gasteiger partial charge in [0.05, 0.1) is 17.6 Å². The van der Waals surface area contributed by atoms with Crippen LogP contribution in [0, 0.1) is 6.92 Å². The van der Waals surface area contributed by atoms with Gasteiger partial charge in [0.25, 0.3) is 0 Å². The van der Waals surface area contributed by atoms with Crippen molar-refractivity contribution in [2.75, 3.05) is 13.4 Å². The van der Waals surface area contributed by atoms with Gasteiger partial charge in [-0.25, -0.2) is 13.2 Å². The lowest BCUT2D eigenvalue weighted by Crippen LogP contribution is -2.06. The Morgan fingerprint density at radius 3 is 2.40 bits per heavy atom. The number of ether oxygens (including phenoxy) is 1. The molecule has 0 saturated carbocycles. The summed E-state index contributed by atoms with van der Waals surface area (Å²) < 4.78 is 27.1. The van der Waals surface area contributed by atoms with Gasteiger partial charge in [0.1, 0.15) is 0 Å². The van der Waals surface area contributed by atoms with Crippen molar-refractivity contribution in [3.05, 3.63) is 29.3 Å². The van der Waals surface area contributed by atoms with Crippen molar-refractivity contribution in [3.63, 3.8) is 0 Å². The number of rotatable bonds is 2. The molecule has 0 atom stereocenters. The Labute approximate surface area is 88.8 Å². The van der Waals surface area contributed by atoms with E-state index in [0.717, 1.165) is 6.26 Å². The fraction of sp³-hybridized carbons (Fsp3) is 0.300. The highest BCUT2D eigenvalue weighted by molar-refractivity contribution is 7.90. The second-order valence-electron chi connectivity index (χ2n) is 3.24. The molecule has 15 heavy (non-hydrogen) atoms. The molecule has 0 spiro atoms. The second-order valence-corrected chi connectivity index (χ2v) is 5.26. The highest BCUT2D eigenvalue weighted by Gasteiger charge is 2.14. The monoisotopic (exact) mass is 228 g/mol. The van der Waals surface area contributed by atoms with E-state index >= 15 is 0 Å². The maximum atomic E-state index is 11.3. The number of carbonyl (C=O) groups excluding carboxylic acids is 1. The summed E-state index contributed by atoms with van der Waals surface area (Å²) in [4.78, 5) is 11.4. The summed E-state index contributed by atoms with van der Waals surface area (Å²) in [6.07, 6.45) is 1.10. The summed E-state index contributed by atoms with van der Waals surface area (Å²) in [7, 11) is -2.03. The predicted molar refractivity (Wildman–Crippen MR) is 55.6 cm³/mol. The molecule has 0 unspecified atom stereocenters. The zero-order valence-corrected chi connectivity index (χ0v) is 9.59. The van der Waals surface area contributed by atoms with Crippen LogP contribution < -0.4 is 0 Å². The van der Waals surface area contributed by atoms with E-state index in [2.05, 4.69) is 4.74 Å². The summed E-state index contributed by atoms with van der Waals surface area (Å²) in [5.41, 5.74) is 0.967. The Balaban J connectivity index is 3.36. The van der Waals surface area contributed by atoms with Gasteiger partial charge in [0.2, 0.25) is 0 Å². The van der Waals surface area contributed by atoms with Crippen LogP contribution in [0.5, 0.6) is 0 Å². The average Bonchev–Trinajstić information content (AvgIpc) is 2.15. The van der Waals surface area contributed by atoms with Gasteiger partial charge in [-0.15, -0.1) is 0 Å². The molecule has 0 aliphatic heterocycles. The zero-order chi connectivity index (χ0) is 11.6. The topological polar surface area (TPSA) is 60.4 Å². The molecule has 1 aromatic carbocycles. The maximum absolute atomic E-state index is 11.3. The Hall–Kier alpha value is -1.36. The molecule has 0 bridgehead atoms. The predicted octanol–water partition coefficient (Wildman–Crippen LogP) is 1.19. The minimum atomic E-state index is -3.29. The average molecular weight is 228 g/mol. The molecule has 82 valence electrons. The molecule has 0 amide bonds. The van der Waals surface area contributed by atoms with Crippen LogP contribution >= 0.6 is 0 Å². The third-order valence-electron chi connectivity index (χ3n) is 2.04. The van der Waals surface area contributed by atoms with E-state index in [1.807, 2.05) is 0 Å². The quantitative estimate of drug-likeness (QED) is 0.713. The smallest absolute Gasteiger partial charge is 0.338 e. The lowest BCUT2D eigenvalue weighted by molar-refractivity contribution is 0.0599. The van der Waals surface area contributed by atoms with E-state index in [1.165, 1.54) is 19.2 Å². The molecule has 0 aromatic heterocycles. The summed E-state index contributed by atoms with van der Waals surface area (Å²) in [6, 6.07) is 4.39. The molecule has 0 N–H and O–H groups in total. The molecule has 0 saturated heterocycles. The standard InChI is InChI=1S/C10H12O4S/c1-7-4-5-8(15(3,12)13)6-9(7)10(11)14-2/h4-6H,1-3H3. The normalized spacial score (nSPS) is 11.1. The van der Waals surface area contributed by atoms with E-state index in [1.54, 1.807) is 13.0 Å². The minimum absolute atomic E-state index is 0.119. The van der Waals surface area contributed by atoms with E-state index in [4.69, 9.17) is 0 Å². The molecule has 4 nitrogen and oxygen atoms in total. The van der Waals surface area contributed by atoms with Gasteiger partial charge >= 0.3 is 5.97 Å². The molecule has 1 rings (SSSR count). The van der Waals surface area contributed by atoms with Gasteiger partial charge in [0.15, 0.2) is 9.84 Å². The Morgan fingerprint density at radius 1 is 1.33 bits per heavy atom. The highest BCUT2D eigenvalue weighted by atomic mass is 32.2. The number of carbonyl (C=O) groups is 1. The van der Waals surface area contributed by atoms with Gasteiger partial charge in [-0.1, -0.05) is 6.07 Å². The van der Waals surface area contributed by atoms with Crippen molar-refractivity contribution < 1.29 is 17.9 Å². The first-order valence-electron chi connectivity index (χ1n) is 4.25. The van der Waals surface area contributed by atoms with Gasteiger partial charge in [-0.3, -0.25) is 0 Å². The van der Waals surface area contributed by atoms with Crippen LogP contribution in [0.3, 0.4) is 0 Å². The van der Waals surface area contributed by atoms with Gasteiger partial charge < -0.3 is 4.74 Å². The molecule has 0 aliphatic carbocycles. The van der Waals surface area contributed by atoms with Gasteiger partial charge in [-0.2, -0.15) is 0 Å². The van der Waals surface area contributed by atoms with Crippen molar-refractivity contribution in [2.45, 2.75) is 11.8 Å². The van der Waals surface area contributed by atoms with Crippen LogP contribution in [0.15, 0.2) is 23.1 Å². The molecule has 0 radical (unpaired) electrons. The van der Waals surface area contributed by atoms with Gasteiger partial charge in [-0.05, 0) is 24.6 Å². The lowest BCUT2D eigenvalue weighted by atomic mass is 10.1. The fourth-order valence-electron chi connectivity index (χ4n) is 1.16. The first-order valence-corrected chi connectivity index (χ1v) is 6.14. The highest BCUT2D eigenvalue weighted by Crippen LogP contribution is 2.16. The van der Waals surface area contributed by atoms with E-state index in [9.17, 15) is 13.2 Å². The van der Waals surface area contributed by atoms with E-state index < -0.39 is 15.8 Å². The van der Waals surface area contributed by atoms with Crippen LogP contribution in [-0.4, -0.2) is 27.8 Å². The van der Waals surface area contributed by atoms with Crippen LogP contribution in [-0.2, 0) is 14.6 Å². The van der Waals surface area contributed by atoms with Crippen molar-refractivity contribution in [2.24, 2.45) is 0 Å². The van der Waals surface area contributed by atoms with Crippen LogP contribution in [0.4, 0.5) is 0 Å². The Morgan fingerprint density at radius 2 is 1.93 bits per heavy atom. The molecule has 5 heteroatoms. The van der Waals surface area contributed by atoms with Crippen LogP contribution in [0.25, 0.3) is 0 Å². The summed E-state index contributed by atoms with van der Waals surface area (Å²) in [6.45, 7) is 1.72. The van der Waals surface area contributed by atoms with Crippen LogP contribution in [0.1, 0.15) is 15.9 Å². The van der Waals surface area contributed by atoms with E-state index in [0.29, 0.717) is 5.56 Å². The molecule has 0 fully saturated rings. The number of sulfone groups is 1. The number of hydrogen-bond acceptors (Lipinski definition) is 4. The second kappa shape index (κ2) is 4.02. The Bertz CT molecular complexity index is 488. The Kier molecular flexibility index (Phi) is 3.14. The first-order chi connectivity index (χ1) is 6.86. The van der Waals surface area contributed by atoms with E-state index in [-0.39, 0.29) is 10.5 Å². The van der Waals surface area contributed by atoms with Crippen molar-refractivity contribution in [1.82, 2.24) is 0 Å². The molecular weight excluding hydrogens is 216 g/mol. The number of methoxy groups -OCH3 is 1. The lowest BCUT2D eigenvalue weighted by Gasteiger charge is -2.05. The SMILES string of the molecule is COC(=O)c1cc(S(C)(=O)=O)ccc1C. The van der Waals surface area contributed by atoms with Gasteiger partial charge in [0, 0.05) is 6.26 Å². The largest absolute Gasteiger partial charge is 0.465 e. The molecule has 1 aromatic rings. The van der Waals surface area contributed by atoms with Crippen molar-refractivity contribution in [1.29, 1.82) is 0 Å². The van der Waals surface area contributed by atoms with Crippen molar-refractivity contribution in [3.8, 4) is 0 Å². The maximum Gasteiger partial charge on any atom is 0.338 e. The number of hydrogen-bond donors (Lipinski definition) is 0. The fourth-order valence-corrected chi connectivity index (χ4v) is 1.81. The summed E-state index contributed by atoms with van der Waals surface area (Å²) in [5, 5.41) is 0. The van der Waals surface area contributed by atoms with Crippen molar-refractivity contribution >= 4 is 15.8 Å². The third-order valence-corrected chi connectivity index (χ3v) is 3.15. The number of aryl methyl sites for hydroxylation is 1. The van der Waals surface area contributed by atoms with Crippen LogP contribution in [0.2, 0.25) is 0 Å². The summed E-state index contributed by atoms with van der Waals surface area (Å²) >= 11 is 0. The number of esters is 1. The molecule has 0 heterocycles. The number of benzene rings is 1. The third kappa shape index (κ3) is 2.56. The zero-order valence-electron chi connectivity index (χ0n) is 8.77. The molecule has 0 aliphatic rings. The summed E-state index contributed by atoms with van der Waals surface area (Å²) in [5.74, 6) is -0.530. The first kappa shape index (κ1) is 11.7. The minimum Gasteiger partial charge on any atom is -0.465 e.